The molecule has 0 unspecified atom stereocenters. The molecular formula is C39H33N7O8S2. The van der Waals surface area contributed by atoms with E-state index < -0.39 is 0 Å². The standard InChI is InChI=1S/C39H33N7O8S2/c1-22-5-15-32-27(17-22)21-36(56-54-52-50)37(38(32)47)46-42-30-12-16-33(23(2)18-30)43-45-35-20-24(3)34(19-25(35)4)44-41-29-8-6-26(7-9-29)39(48)40-28-10-13-31(14-11-28)55-53-51-49/h5-21,47,49-50H,1-4H3,(H,40,48). The zero-order chi connectivity index (χ0) is 39.6. The van der Waals surface area contributed by atoms with Crippen molar-refractivity contribution in [2.75, 3.05) is 5.32 Å². The largest absolute Gasteiger partial charge is 0.505 e. The molecule has 6 rings (SSSR count). The van der Waals surface area contributed by atoms with Gasteiger partial charge in [-0.05, 0) is 135 Å². The zero-order valence-corrected chi connectivity index (χ0v) is 31.8. The molecule has 0 bridgehead atoms. The van der Waals surface area contributed by atoms with Crippen LogP contribution in [0.1, 0.15) is 32.6 Å². The number of phenolic OH excluding ortho intramolecular Hbond substituents is 1. The molecule has 4 N–H and O–H groups in total. The van der Waals surface area contributed by atoms with Crippen LogP contribution in [0.2, 0.25) is 0 Å². The number of carbonyl (C=O) groups excluding carboxylic acids is 1. The lowest BCUT2D eigenvalue weighted by molar-refractivity contribution is -0.432. The van der Waals surface area contributed by atoms with Crippen LogP contribution in [0.25, 0.3) is 10.8 Å². The van der Waals surface area contributed by atoms with Crippen molar-refractivity contribution < 1.29 is 39.2 Å². The van der Waals surface area contributed by atoms with Gasteiger partial charge in [-0.25, -0.2) is 10.5 Å². The number of fused-ring (bicyclic) bond motifs is 1. The highest BCUT2D eigenvalue weighted by atomic mass is 32.2. The van der Waals surface area contributed by atoms with Crippen molar-refractivity contribution in [1.29, 1.82) is 0 Å². The Kier molecular flexibility index (Phi) is 13.2. The number of benzene rings is 6. The predicted molar refractivity (Wildman–Crippen MR) is 212 cm³/mol. The summed E-state index contributed by atoms with van der Waals surface area (Å²) in [5.74, 6) is -0.379. The lowest BCUT2D eigenvalue weighted by atomic mass is 10.1. The molecule has 0 saturated heterocycles. The van der Waals surface area contributed by atoms with Crippen LogP contribution in [0.5, 0.6) is 5.75 Å². The van der Waals surface area contributed by atoms with Gasteiger partial charge in [0.25, 0.3) is 5.91 Å². The Hall–Kier alpha value is -5.89. The normalized spacial score (nSPS) is 11.8. The van der Waals surface area contributed by atoms with Gasteiger partial charge in [0.2, 0.25) is 0 Å². The fourth-order valence-corrected chi connectivity index (χ4v) is 6.21. The van der Waals surface area contributed by atoms with Gasteiger partial charge >= 0.3 is 0 Å². The Morgan fingerprint density at radius 2 is 1.21 bits per heavy atom. The minimum absolute atomic E-state index is 0.0879. The highest BCUT2D eigenvalue weighted by molar-refractivity contribution is 7.94. The van der Waals surface area contributed by atoms with E-state index in [1.807, 2.05) is 52.0 Å². The van der Waals surface area contributed by atoms with Crippen molar-refractivity contribution in [1.82, 2.24) is 0 Å². The Morgan fingerprint density at radius 3 is 1.89 bits per heavy atom. The van der Waals surface area contributed by atoms with Crippen LogP contribution < -0.4 is 5.32 Å². The first-order valence-corrected chi connectivity index (χ1v) is 18.1. The van der Waals surface area contributed by atoms with Gasteiger partial charge in [-0.15, -0.1) is 13.8 Å². The molecule has 6 aromatic rings. The molecule has 0 aliphatic rings. The quantitative estimate of drug-likeness (QED) is 0.0356. The molecule has 0 fully saturated rings. The summed E-state index contributed by atoms with van der Waals surface area (Å²) in [5.41, 5.74) is 7.73. The van der Waals surface area contributed by atoms with Gasteiger partial charge in [-0.3, -0.25) is 4.79 Å². The maximum atomic E-state index is 12.7. The second kappa shape index (κ2) is 18.6. The molecule has 1 amide bonds. The van der Waals surface area contributed by atoms with E-state index in [4.69, 9.17) is 10.5 Å². The second-order valence-corrected chi connectivity index (χ2v) is 13.8. The summed E-state index contributed by atoms with van der Waals surface area (Å²) >= 11 is 1.51. The van der Waals surface area contributed by atoms with Gasteiger partial charge in [0, 0.05) is 21.5 Å². The predicted octanol–water partition coefficient (Wildman–Crippen LogP) is 13.1. The van der Waals surface area contributed by atoms with E-state index in [2.05, 4.69) is 54.7 Å². The Bertz CT molecular complexity index is 2460. The first kappa shape index (κ1) is 39.8. The third-order valence-electron chi connectivity index (χ3n) is 8.26. The van der Waals surface area contributed by atoms with Crippen molar-refractivity contribution in [3.05, 3.63) is 131 Å². The Labute approximate surface area is 328 Å². The first-order chi connectivity index (χ1) is 27.1. The molecule has 56 heavy (non-hydrogen) atoms. The van der Waals surface area contributed by atoms with Crippen LogP contribution in [0.3, 0.4) is 0 Å². The zero-order valence-electron chi connectivity index (χ0n) is 30.2. The average Bonchev–Trinajstić information content (AvgIpc) is 3.19. The lowest BCUT2D eigenvalue weighted by Crippen LogP contribution is -2.11. The Morgan fingerprint density at radius 1 is 0.607 bits per heavy atom. The van der Waals surface area contributed by atoms with Crippen LogP contribution in [0, 0.1) is 27.7 Å². The third-order valence-corrected chi connectivity index (χ3v) is 9.48. The number of amides is 1. The molecule has 284 valence electrons. The summed E-state index contributed by atoms with van der Waals surface area (Å²) in [5, 5.41) is 65.9. The number of hydrogen-bond acceptors (Lipinski definition) is 16. The van der Waals surface area contributed by atoms with E-state index >= 15 is 0 Å². The van der Waals surface area contributed by atoms with Gasteiger partial charge in [0.05, 0.1) is 57.4 Å². The molecule has 6 aromatic carbocycles. The SMILES string of the molecule is Cc1ccc2c(O)c(N=Nc3ccc(N=Nc4cc(C)c(N=Nc5ccc(C(=O)Nc6ccc(SOOO)cc6)cc5)cc4C)c(C)c3)c(SOOO)cc2c1. The monoisotopic (exact) mass is 791 g/mol. The highest BCUT2D eigenvalue weighted by Gasteiger charge is 2.16. The molecule has 17 heteroatoms. The maximum absolute atomic E-state index is 12.7. The van der Waals surface area contributed by atoms with Crippen LogP contribution in [0.15, 0.2) is 144 Å². The van der Waals surface area contributed by atoms with Crippen LogP contribution in [0.4, 0.5) is 39.8 Å². The summed E-state index contributed by atoms with van der Waals surface area (Å²) in [6, 6.07) is 30.0. The number of hydrogen-bond donors (Lipinski definition) is 4. The summed E-state index contributed by atoms with van der Waals surface area (Å²) in [6.45, 7) is 7.64. The molecule has 0 heterocycles. The van der Waals surface area contributed by atoms with Crippen molar-refractivity contribution in [3.8, 4) is 5.75 Å². The number of nitrogens with one attached hydrogen (secondary N) is 1. The number of aryl methyl sites for hydroxylation is 4. The molecule has 0 aliphatic heterocycles. The molecule has 0 atom stereocenters. The summed E-state index contributed by atoms with van der Waals surface area (Å²) in [4.78, 5) is 13.8. The van der Waals surface area contributed by atoms with E-state index in [1.165, 1.54) is 0 Å². The summed E-state index contributed by atoms with van der Waals surface area (Å²) in [6.07, 6.45) is 0. The van der Waals surface area contributed by atoms with Crippen molar-refractivity contribution in [2.24, 2.45) is 30.7 Å². The maximum Gasteiger partial charge on any atom is 0.255 e. The van der Waals surface area contributed by atoms with Gasteiger partial charge in [0.1, 0.15) is 5.69 Å². The molecule has 15 nitrogen and oxygen atoms in total. The summed E-state index contributed by atoms with van der Waals surface area (Å²) in [7, 11) is 0. The van der Waals surface area contributed by atoms with Crippen molar-refractivity contribution in [3.63, 3.8) is 0 Å². The van der Waals surface area contributed by atoms with E-state index in [-0.39, 0.29) is 17.3 Å². The molecule has 0 saturated carbocycles. The average molecular weight is 792 g/mol. The van der Waals surface area contributed by atoms with Crippen molar-refractivity contribution >= 4 is 80.6 Å². The number of aromatic hydroxyl groups is 1. The van der Waals surface area contributed by atoms with Crippen molar-refractivity contribution in [2.45, 2.75) is 37.5 Å². The van der Waals surface area contributed by atoms with Crippen LogP contribution >= 0.6 is 24.1 Å². The number of phenols is 1. The molecular weight excluding hydrogens is 759 g/mol. The molecule has 0 radical (unpaired) electrons. The number of rotatable bonds is 14. The van der Waals surface area contributed by atoms with E-state index in [0.29, 0.717) is 66.9 Å². The van der Waals surface area contributed by atoms with Crippen LogP contribution in [-0.4, -0.2) is 21.5 Å². The third kappa shape index (κ3) is 10.0. The van der Waals surface area contributed by atoms with Crippen LogP contribution in [-0.2, 0) is 18.7 Å². The smallest absolute Gasteiger partial charge is 0.255 e. The van der Waals surface area contributed by atoms with Gasteiger partial charge in [0.15, 0.2) is 5.75 Å². The fourth-order valence-electron chi connectivity index (χ4n) is 5.36. The summed E-state index contributed by atoms with van der Waals surface area (Å²) < 4.78 is 9.03. The minimum Gasteiger partial charge on any atom is -0.505 e. The first-order valence-electron chi connectivity index (χ1n) is 16.7. The Balaban J connectivity index is 1.10. The van der Waals surface area contributed by atoms with E-state index in [9.17, 15) is 9.90 Å². The highest BCUT2D eigenvalue weighted by Crippen LogP contribution is 2.44. The number of nitrogens with zero attached hydrogens (tertiary/aromatic N) is 6. The van der Waals surface area contributed by atoms with Gasteiger partial charge in [-0.2, -0.15) is 25.6 Å². The van der Waals surface area contributed by atoms with Gasteiger partial charge in [-0.1, -0.05) is 33.8 Å². The molecule has 0 aliphatic carbocycles. The molecule has 0 aromatic heterocycles. The number of azo groups is 3. The van der Waals surface area contributed by atoms with E-state index in [1.54, 1.807) is 78.9 Å². The lowest BCUT2D eigenvalue weighted by Gasteiger charge is -2.09. The number of carbonyl (C=O) groups is 1. The number of anilines is 1. The fraction of sp³-hybridized carbons (Fsp3) is 0.103. The second-order valence-electron chi connectivity index (χ2n) is 12.3. The van der Waals surface area contributed by atoms with Gasteiger partial charge < -0.3 is 10.4 Å². The minimum atomic E-state index is -0.291. The molecule has 0 spiro atoms. The topological polar surface area (TPSA) is 201 Å². The van der Waals surface area contributed by atoms with E-state index in [0.717, 1.165) is 39.7 Å².